The zero-order valence-corrected chi connectivity index (χ0v) is 24.5. The van der Waals surface area contributed by atoms with Crippen molar-refractivity contribution >= 4 is 11.9 Å². The number of hydrogen-bond acceptors (Lipinski definition) is 8. The van der Waals surface area contributed by atoms with Crippen molar-refractivity contribution in [2.75, 3.05) is 13.2 Å². The molecule has 2 unspecified atom stereocenters. The lowest BCUT2D eigenvalue weighted by atomic mass is 9.99. The van der Waals surface area contributed by atoms with E-state index in [4.69, 9.17) is 0 Å². The normalized spacial score (nSPS) is 14.3. The number of alkyl halides is 8. The van der Waals surface area contributed by atoms with Crippen LogP contribution >= 0.6 is 0 Å². The summed E-state index contributed by atoms with van der Waals surface area (Å²) in [6.45, 7) is 3.47. The molecule has 0 spiro atoms. The number of pyridine rings is 2. The molecule has 0 aliphatic rings. The number of aromatic nitrogens is 6. The van der Waals surface area contributed by atoms with Crippen molar-refractivity contribution in [3.05, 3.63) is 83.7 Å². The molecule has 4 heterocycles. The third-order valence-electron chi connectivity index (χ3n) is 6.18. The van der Waals surface area contributed by atoms with E-state index in [1.807, 2.05) is 0 Å². The van der Waals surface area contributed by atoms with E-state index in [0.29, 0.717) is 18.5 Å². The molecule has 0 amide bonds. The van der Waals surface area contributed by atoms with Crippen molar-refractivity contribution in [2.45, 2.75) is 51.4 Å². The van der Waals surface area contributed by atoms with E-state index in [1.54, 1.807) is 12.1 Å². The molecule has 0 saturated carbocycles. The number of ether oxygens (including phenoxy) is 2. The average molecular weight is 663 g/mol. The topological polar surface area (TPSA) is 114 Å². The van der Waals surface area contributed by atoms with E-state index in [-0.39, 0.29) is 24.8 Å². The molecule has 4 aromatic rings. The van der Waals surface area contributed by atoms with Crippen LogP contribution in [0.2, 0.25) is 0 Å². The molecule has 0 aromatic carbocycles. The number of nitrogens with zero attached hydrogens (tertiary/aromatic N) is 6. The van der Waals surface area contributed by atoms with Gasteiger partial charge in [0.2, 0.25) is 11.3 Å². The predicted molar refractivity (Wildman–Crippen MR) is 144 cm³/mol. The van der Waals surface area contributed by atoms with Crippen molar-refractivity contribution < 1.29 is 54.2 Å². The van der Waals surface area contributed by atoms with Crippen LogP contribution in [0.5, 0.6) is 0 Å². The summed E-state index contributed by atoms with van der Waals surface area (Å²) in [5.41, 5.74) is -10.9. The number of carbonyl (C=O) groups excluding carboxylic acids is 2. The zero-order valence-electron chi connectivity index (χ0n) is 24.5. The molecule has 10 nitrogen and oxygen atoms in total. The Balaban J connectivity index is 0.000000250. The molecule has 0 bridgehead atoms. The second-order valence-corrected chi connectivity index (χ2v) is 9.47. The summed E-state index contributed by atoms with van der Waals surface area (Å²) in [5.74, 6) is -2.08. The van der Waals surface area contributed by atoms with E-state index in [1.165, 1.54) is 50.5 Å². The van der Waals surface area contributed by atoms with Crippen LogP contribution < -0.4 is 0 Å². The summed E-state index contributed by atoms with van der Waals surface area (Å²) >= 11 is 0. The summed E-state index contributed by atoms with van der Waals surface area (Å²) in [6.07, 6.45) is -5.98. The van der Waals surface area contributed by atoms with E-state index in [9.17, 15) is 44.7 Å². The molecule has 18 heteroatoms. The molecule has 0 N–H and O–H groups in total. The third kappa shape index (κ3) is 7.31. The van der Waals surface area contributed by atoms with E-state index in [0.717, 1.165) is 17.1 Å². The van der Waals surface area contributed by atoms with Crippen LogP contribution in [0.1, 0.15) is 59.8 Å². The Morgan fingerprint density at radius 1 is 0.739 bits per heavy atom. The first-order valence-electron chi connectivity index (χ1n) is 13.2. The van der Waals surface area contributed by atoms with E-state index in [2.05, 4.69) is 29.6 Å². The van der Waals surface area contributed by atoms with E-state index < -0.39 is 58.1 Å². The van der Waals surface area contributed by atoms with Crippen LogP contribution in [0, 0.1) is 0 Å². The zero-order chi connectivity index (χ0) is 34.5. The van der Waals surface area contributed by atoms with Gasteiger partial charge in [0.25, 0.3) is 0 Å². The molecule has 248 valence electrons. The van der Waals surface area contributed by atoms with Gasteiger partial charge < -0.3 is 9.47 Å². The highest BCUT2D eigenvalue weighted by Gasteiger charge is 2.58. The Labute approximate surface area is 256 Å². The van der Waals surface area contributed by atoms with Crippen LogP contribution in [0.25, 0.3) is 11.6 Å². The number of esters is 2. The Morgan fingerprint density at radius 3 is 1.70 bits per heavy atom. The standard InChI is InChI=1S/2C14H13F4N3O2/c1-3-23-12(22)9-8-21(10-6-4-5-7-19-10)20-11(9)13(2,15)14(16,17)18;1-3-23-12(22)9-8-20-21(10-6-4-5-7-19-10)11(9)13(2,15)14(16,17)18/h2*4-8H,3H2,1-2H3. The molecular weight excluding hydrogens is 636 g/mol. The molecule has 0 aliphatic heterocycles. The molecule has 4 rings (SSSR count). The average Bonchev–Trinajstić information content (AvgIpc) is 3.64. The van der Waals surface area contributed by atoms with Crippen LogP contribution in [-0.4, -0.2) is 67.0 Å². The van der Waals surface area contributed by atoms with Crippen LogP contribution in [0.3, 0.4) is 0 Å². The number of hydrogen-bond donors (Lipinski definition) is 0. The number of rotatable bonds is 8. The summed E-state index contributed by atoms with van der Waals surface area (Å²) < 4.78 is 118. The van der Waals surface area contributed by atoms with Gasteiger partial charge in [-0.05, 0) is 52.0 Å². The Bertz CT molecular complexity index is 1620. The quantitative estimate of drug-likeness (QED) is 0.158. The third-order valence-corrected chi connectivity index (χ3v) is 6.18. The maximum absolute atomic E-state index is 14.5. The van der Waals surface area contributed by atoms with Gasteiger partial charge >= 0.3 is 24.3 Å². The first kappa shape index (κ1) is 35.6. The molecule has 46 heavy (non-hydrogen) atoms. The van der Waals surface area contributed by atoms with Gasteiger partial charge in [-0.3, -0.25) is 0 Å². The van der Waals surface area contributed by atoms with Crippen molar-refractivity contribution in [3.8, 4) is 11.6 Å². The van der Waals surface area contributed by atoms with Crippen molar-refractivity contribution in [1.29, 1.82) is 0 Å². The minimum absolute atomic E-state index is 0.0498. The van der Waals surface area contributed by atoms with Crippen molar-refractivity contribution in [1.82, 2.24) is 29.5 Å². The van der Waals surface area contributed by atoms with Gasteiger partial charge in [-0.2, -0.15) is 36.5 Å². The molecule has 0 saturated heterocycles. The maximum Gasteiger partial charge on any atom is 0.428 e. The highest BCUT2D eigenvalue weighted by molar-refractivity contribution is 5.91. The van der Waals surface area contributed by atoms with E-state index >= 15 is 0 Å². The largest absolute Gasteiger partial charge is 0.462 e. The lowest BCUT2D eigenvalue weighted by molar-refractivity contribution is -0.231. The molecule has 0 radical (unpaired) electrons. The minimum Gasteiger partial charge on any atom is -0.462 e. The highest BCUT2D eigenvalue weighted by atomic mass is 19.4. The smallest absolute Gasteiger partial charge is 0.428 e. The fourth-order valence-corrected chi connectivity index (χ4v) is 3.77. The van der Waals surface area contributed by atoms with Crippen LogP contribution in [0.15, 0.2) is 61.2 Å². The second-order valence-electron chi connectivity index (χ2n) is 9.47. The summed E-state index contributed by atoms with van der Waals surface area (Å²) in [5, 5.41) is 7.26. The molecule has 4 aromatic heterocycles. The molecule has 0 aliphatic carbocycles. The number of halogens is 8. The second kappa shape index (κ2) is 13.6. The molecular formula is C28H26F8N6O4. The summed E-state index contributed by atoms with van der Waals surface area (Å²) in [7, 11) is 0. The van der Waals surface area contributed by atoms with Crippen molar-refractivity contribution in [3.63, 3.8) is 0 Å². The van der Waals surface area contributed by atoms with Gasteiger partial charge in [0.05, 0.1) is 19.4 Å². The highest BCUT2D eigenvalue weighted by Crippen LogP contribution is 2.44. The SMILES string of the molecule is CCOC(=O)c1cn(-c2ccccn2)nc1C(C)(F)C(F)(F)F.CCOC(=O)c1cnn(-c2ccccn2)c1C(C)(F)C(F)(F)F. The fourth-order valence-electron chi connectivity index (χ4n) is 3.77. The van der Waals surface area contributed by atoms with Gasteiger partial charge in [0.1, 0.15) is 22.5 Å². The van der Waals surface area contributed by atoms with Gasteiger partial charge in [0, 0.05) is 18.6 Å². The van der Waals surface area contributed by atoms with Gasteiger partial charge in [0.15, 0.2) is 11.6 Å². The Kier molecular flexibility index (Phi) is 10.5. The van der Waals surface area contributed by atoms with Gasteiger partial charge in [-0.1, -0.05) is 12.1 Å². The predicted octanol–water partition coefficient (Wildman–Crippen LogP) is 6.38. The monoisotopic (exact) mass is 662 g/mol. The Morgan fingerprint density at radius 2 is 1.24 bits per heavy atom. The Hall–Kier alpha value is -4.90. The first-order valence-corrected chi connectivity index (χ1v) is 13.2. The first-order chi connectivity index (χ1) is 21.4. The summed E-state index contributed by atoms with van der Waals surface area (Å²) in [4.78, 5) is 31.4. The summed E-state index contributed by atoms with van der Waals surface area (Å²) in [6, 6.07) is 9.01. The lowest BCUT2D eigenvalue weighted by Gasteiger charge is -2.25. The number of carbonyl (C=O) groups is 2. The van der Waals surface area contributed by atoms with Crippen LogP contribution in [0.4, 0.5) is 35.1 Å². The molecule has 0 fully saturated rings. The van der Waals surface area contributed by atoms with Gasteiger partial charge in [-0.25, -0.2) is 37.7 Å². The lowest BCUT2D eigenvalue weighted by Crippen LogP contribution is -2.38. The maximum atomic E-state index is 14.5. The fraction of sp³-hybridized carbons (Fsp3) is 0.357. The van der Waals surface area contributed by atoms with Crippen LogP contribution in [-0.2, 0) is 20.8 Å². The molecule has 2 atom stereocenters. The van der Waals surface area contributed by atoms with Gasteiger partial charge in [-0.15, -0.1) is 0 Å². The van der Waals surface area contributed by atoms with Crippen molar-refractivity contribution in [2.24, 2.45) is 0 Å². The minimum atomic E-state index is -5.25.